The van der Waals surface area contributed by atoms with Crippen LogP contribution in [0.2, 0.25) is 0 Å². The molecule has 0 saturated heterocycles. The molecule has 6 nitrogen and oxygen atoms in total. The van der Waals surface area contributed by atoms with Crippen LogP contribution in [0.15, 0.2) is 6.20 Å². The van der Waals surface area contributed by atoms with Crippen molar-refractivity contribution in [2.45, 2.75) is 12.5 Å². The van der Waals surface area contributed by atoms with Crippen LogP contribution in [0.25, 0.3) is 0 Å². The Balaban J connectivity index is 2.84. The van der Waals surface area contributed by atoms with Gasteiger partial charge in [-0.15, -0.1) is 0 Å². The summed E-state index contributed by atoms with van der Waals surface area (Å²) < 4.78 is 1.63. The summed E-state index contributed by atoms with van der Waals surface area (Å²) in [7, 11) is 0. The second-order valence-corrected chi connectivity index (χ2v) is 2.90. The second-order valence-electron chi connectivity index (χ2n) is 2.90. The fraction of sp³-hybridized carbons (Fsp3) is 0.571. The third-order valence-electron chi connectivity index (χ3n) is 1.98. The molecule has 0 aliphatic heterocycles. The summed E-state index contributed by atoms with van der Waals surface area (Å²) in [4.78, 5) is 0. The molecule has 0 radical (unpaired) electrons. The van der Waals surface area contributed by atoms with Crippen molar-refractivity contribution in [1.29, 1.82) is 0 Å². The normalized spacial score (nSPS) is 13.1. The lowest BCUT2D eigenvalue weighted by molar-refractivity contribution is 0.445. The highest BCUT2D eigenvalue weighted by molar-refractivity contribution is 5.57. The summed E-state index contributed by atoms with van der Waals surface area (Å²) in [5.74, 6) is 0.462. The molecule has 0 aliphatic rings. The quantitative estimate of drug-likeness (QED) is 0.473. The molecular formula is C7H16N6. The van der Waals surface area contributed by atoms with E-state index in [0.717, 1.165) is 6.42 Å². The zero-order chi connectivity index (χ0) is 9.84. The standard InChI is InChI=1S/C7H16N6/c8-2-1-5(3-9)13-7(11)6(10)4-12-13/h4-5H,1-3,8-11H2. The van der Waals surface area contributed by atoms with Crippen LogP contribution < -0.4 is 22.9 Å². The first-order valence-electron chi connectivity index (χ1n) is 4.19. The monoisotopic (exact) mass is 184 g/mol. The van der Waals surface area contributed by atoms with Crippen molar-refractivity contribution in [3.8, 4) is 0 Å². The Bertz CT molecular complexity index is 268. The highest BCUT2D eigenvalue weighted by Gasteiger charge is 2.13. The number of rotatable bonds is 4. The molecular weight excluding hydrogens is 168 g/mol. The molecule has 1 unspecified atom stereocenters. The molecule has 0 fully saturated rings. The second kappa shape index (κ2) is 4.11. The first kappa shape index (κ1) is 9.82. The molecule has 1 atom stereocenters. The van der Waals surface area contributed by atoms with E-state index in [9.17, 15) is 0 Å². The van der Waals surface area contributed by atoms with Crippen LogP contribution >= 0.6 is 0 Å². The lowest BCUT2D eigenvalue weighted by Crippen LogP contribution is -2.24. The number of aromatic nitrogens is 2. The molecule has 1 rings (SSSR count). The molecule has 1 heterocycles. The highest BCUT2D eigenvalue weighted by atomic mass is 15.3. The van der Waals surface area contributed by atoms with E-state index in [4.69, 9.17) is 22.9 Å². The maximum Gasteiger partial charge on any atom is 0.145 e. The first-order chi connectivity index (χ1) is 6.20. The van der Waals surface area contributed by atoms with E-state index < -0.39 is 0 Å². The number of nitrogens with zero attached hydrogens (tertiary/aromatic N) is 2. The number of hydrogen-bond donors (Lipinski definition) is 4. The summed E-state index contributed by atoms with van der Waals surface area (Å²) in [5.41, 5.74) is 22.7. The summed E-state index contributed by atoms with van der Waals surface area (Å²) in [5, 5.41) is 4.04. The first-order valence-corrected chi connectivity index (χ1v) is 4.19. The number of anilines is 2. The molecule has 0 spiro atoms. The van der Waals surface area contributed by atoms with E-state index in [2.05, 4.69) is 5.10 Å². The summed E-state index contributed by atoms with van der Waals surface area (Å²) in [6.07, 6.45) is 2.27. The predicted octanol–water partition coefficient (Wildman–Crippen LogP) is -1.10. The largest absolute Gasteiger partial charge is 0.394 e. The van der Waals surface area contributed by atoms with Crippen molar-refractivity contribution in [3.05, 3.63) is 6.20 Å². The van der Waals surface area contributed by atoms with E-state index in [1.807, 2.05) is 0 Å². The Labute approximate surface area is 76.9 Å². The fourth-order valence-electron chi connectivity index (χ4n) is 1.21. The van der Waals surface area contributed by atoms with E-state index in [0.29, 0.717) is 24.6 Å². The van der Waals surface area contributed by atoms with Gasteiger partial charge in [0.25, 0.3) is 0 Å². The molecule has 0 aromatic carbocycles. The molecule has 1 aromatic rings. The van der Waals surface area contributed by atoms with Crippen molar-refractivity contribution in [2.75, 3.05) is 24.6 Å². The molecule has 6 heteroatoms. The van der Waals surface area contributed by atoms with Gasteiger partial charge in [-0.05, 0) is 13.0 Å². The fourth-order valence-corrected chi connectivity index (χ4v) is 1.21. The third kappa shape index (κ3) is 1.90. The van der Waals surface area contributed by atoms with Gasteiger partial charge in [0.15, 0.2) is 0 Å². The topological polar surface area (TPSA) is 122 Å². The molecule has 1 aromatic heterocycles. The predicted molar refractivity (Wildman–Crippen MR) is 52.8 cm³/mol. The summed E-state index contributed by atoms with van der Waals surface area (Å²) in [6.45, 7) is 1.02. The zero-order valence-electron chi connectivity index (χ0n) is 7.48. The zero-order valence-corrected chi connectivity index (χ0v) is 7.48. The van der Waals surface area contributed by atoms with Crippen LogP contribution in [-0.2, 0) is 0 Å². The number of nitrogens with two attached hydrogens (primary N) is 4. The van der Waals surface area contributed by atoms with Crippen molar-refractivity contribution < 1.29 is 0 Å². The van der Waals surface area contributed by atoms with Crippen LogP contribution in [0.5, 0.6) is 0 Å². The average Bonchev–Trinajstić information content (AvgIpc) is 2.45. The van der Waals surface area contributed by atoms with Crippen LogP contribution in [0, 0.1) is 0 Å². The maximum atomic E-state index is 5.69. The highest BCUT2D eigenvalue weighted by Crippen LogP contribution is 2.19. The van der Waals surface area contributed by atoms with Crippen molar-refractivity contribution in [1.82, 2.24) is 9.78 Å². The van der Waals surface area contributed by atoms with Gasteiger partial charge in [0.1, 0.15) is 5.82 Å². The Hall–Kier alpha value is -1.27. The van der Waals surface area contributed by atoms with Gasteiger partial charge in [0.2, 0.25) is 0 Å². The van der Waals surface area contributed by atoms with Crippen LogP contribution in [0.4, 0.5) is 11.5 Å². The Morgan fingerprint density at radius 2 is 2.08 bits per heavy atom. The Morgan fingerprint density at radius 1 is 1.38 bits per heavy atom. The molecule has 0 aliphatic carbocycles. The van der Waals surface area contributed by atoms with Crippen LogP contribution in [-0.4, -0.2) is 22.9 Å². The van der Waals surface area contributed by atoms with Gasteiger partial charge in [-0.2, -0.15) is 5.10 Å². The SMILES string of the molecule is NCCC(CN)n1ncc(N)c1N. The van der Waals surface area contributed by atoms with Gasteiger partial charge in [-0.25, -0.2) is 4.68 Å². The van der Waals surface area contributed by atoms with E-state index in [-0.39, 0.29) is 6.04 Å². The van der Waals surface area contributed by atoms with Crippen molar-refractivity contribution >= 4 is 11.5 Å². The van der Waals surface area contributed by atoms with Crippen molar-refractivity contribution in [2.24, 2.45) is 11.5 Å². The van der Waals surface area contributed by atoms with Gasteiger partial charge in [-0.1, -0.05) is 0 Å². The minimum atomic E-state index is 0.0438. The van der Waals surface area contributed by atoms with Crippen LogP contribution in [0.3, 0.4) is 0 Å². The lowest BCUT2D eigenvalue weighted by atomic mass is 10.2. The van der Waals surface area contributed by atoms with Gasteiger partial charge in [-0.3, -0.25) is 0 Å². The summed E-state index contributed by atoms with van der Waals surface area (Å²) in [6, 6.07) is 0.0438. The van der Waals surface area contributed by atoms with E-state index >= 15 is 0 Å². The molecule has 0 bridgehead atoms. The smallest absolute Gasteiger partial charge is 0.145 e. The van der Waals surface area contributed by atoms with Gasteiger partial charge in [0.05, 0.1) is 17.9 Å². The summed E-state index contributed by atoms with van der Waals surface area (Å²) >= 11 is 0. The van der Waals surface area contributed by atoms with Gasteiger partial charge >= 0.3 is 0 Å². The minimum absolute atomic E-state index is 0.0438. The number of hydrogen-bond acceptors (Lipinski definition) is 5. The average molecular weight is 184 g/mol. The van der Waals surface area contributed by atoms with Gasteiger partial charge in [0, 0.05) is 6.54 Å². The number of nitrogen functional groups attached to an aromatic ring is 2. The van der Waals surface area contributed by atoms with Crippen molar-refractivity contribution in [3.63, 3.8) is 0 Å². The molecule has 74 valence electrons. The lowest BCUT2D eigenvalue weighted by Gasteiger charge is -2.15. The molecule has 13 heavy (non-hydrogen) atoms. The Kier molecular flexibility index (Phi) is 3.10. The molecule has 8 N–H and O–H groups in total. The minimum Gasteiger partial charge on any atom is -0.394 e. The molecule has 0 amide bonds. The van der Waals surface area contributed by atoms with E-state index in [1.165, 1.54) is 6.20 Å². The third-order valence-corrected chi connectivity index (χ3v) is 1.98. The van der Waals surface area contributed by atoms with E-state index in [1.54, 1.807) is 4.68 Å². The van der Waals surface area contributed by atoms with Gasteiger partial charge < -0.3 is 22.9 Å². The Morgan fingerprint density at radius 3 is 2.46 bits per heavy atom. The maximum absolute atomic E-state index is 5.69. The molecule has 0 saturated carbocycles. The van der Waals surface area contributed by atoms with Crippen LogP contribution in [0.1, 0.15) is 12.5 Å².